The van der Waals surface area contributed by atoms with E-state index < -0.39 is 5.76 Å². The second kappa shape index (κ2) is 5.69. The molecule has 1 aromatic heterocycles. The van der Waals surface area contributed by atoms with E-state index in [1.54, 1.807) is 7.11 Å². The van der Waals surface area contributed by atoms with Gasteiger partial charge in [-0.2, -0.15) is 0 Å². The SMILES string of the molecule is COc1ccc(C(Br)c2ccc3[nH]c(=O)oc3c2)cc1Br. The zero-order valence-corrected chi connectivity index (χ0v) is 14.2. The van der Waals surface area contributed by atoms with E-state index in [1.165, 1.54) is 0 Å². The van der Waals surface area contributed by atoms with Crippen LogP contribution in [0.4, 0.5) is 0 Å². The fraction of sp³-hybridized carbons (Fsp3) is 0.133. The molecule has 108 valence electrons. The van der Waals surface area contributed by atoms with Crippen LogP contribution in [-0.4, -0.2) is 12.1 Å². The van der Waals surface area contributed by atoms with E-state index >= 15 is 0 Å². The Hall–Kier alpha value is -1.53. The number of oxazole rings is 1. The minimum atomic E-state index is -0.444. The number of ether oxygens (including phenoxy) is 1. The summed E-state index contributed by atoms with van der Waals surface area (Å²) in [6.45, 7) is 0. The van der Waals surface area contributed by atoms with Crippen LogP contribution in [0.15, 0.2) is 50.1 Å². The van der Waals surface area contributed by atoms with Crippen molar-refractivity contribution < 1.29 is 9.15 Å². The number of hydrogen-bond donors (Lipinski definition) is 1. The molecule has 4 nitrogen and oxygen atoms in total. The van der Waals surface area contributed by atoms with E-state index in [4.69, 9.17) is 9.15 Å². The normalized spacial score (nSPS) is 12.5. The molecule has 0 saturated heterocycles. The number of aromatic nitrogens is 1. The van der Waals surface area contributed by atoms with Crippen molar-refractivity contribution in [3.05, 3.63) is 62.5 Å². The van der Waals surface area contributed by atoms with Gasteiger partial charge in [-0.3, -0.25) is 4.98 Å². The first-order valence-electron chi connectivity index (χ1n) is 6.19. The molecule has 0 aliphatic heterocycles. The summed E-state index contributed by atoms with van der Waals surface area (Å²) in [6.07, 6.45) is 0. The van der Waals surface area contributed by atoms with E-state index in [1.807, 2.05) is 36.4 Å². The smallest absolute Gasteiger partial charge is 0.417 e. The Balaban J connectivity index is 2.00. The Morgan fingerprint density at radius 1 is 1.19 bits per heavy atom. The number of H-pyrrole nitrogens is 1. The van der Waals surface area contributed by atoms with Gasteiger partial charge in [-0.25, -0.2) is 4.79 Å². The van der Waals surface area contributed by atoms with Gasteiger partial charge in [0.15, 0.2) is 5.58 Å². The maximum absolute atomic E-state index is 11.2. The predicted octanol–water partition coefficient (Wildman–Crippen LogP) is 4.38. The maximum Gasteiger partial charge on any atom is 0.417 e. The number of methoxy groups -OCH3 is 1. The molecular weight excluding hydrogens is 402 g/mol. The zero-order valence-electron chi connectivity index (χ0n) is 11.0. The molecule has 3 rings (SSSR count). The van der Waals surface area contributed by atoms with Gasteiger partial charge in [0.2, 0.25) is 0 Å². The Morgan fingerprint density at radius 3 is 2.62 bits per heavy atom. The second-order valence-electron chi connectivity index (χ2n) is 4.53. The van der Waals surface area contributed by atoms with Gasteiger partial charge >= 0.3 is 5.76 Å². The largest absolute Gasteiger partial charge is 0.496 e. The standard InChI is InChI=1S/C15H11Br2NO3/c1-20-12-5-3-8(6-10(12)16)14(17)9-2-4-11-13(7-9)21-15(19)18-11/h2-7,14H,1H3,(H,18,19). The van der Waals surface area contributed by atoms with Gasteiger partial charge in [-0.1, -0.05) is 28.1 Å². The first kappa shape index (κ1) is 14.4. The minimum Gasteiger partial charge on any atom is -0.496 e. The number of rotatable bonds is 3. The summed E-state index contributed by atoms with van der Waals surface area (Å²) < 4.78 is 11.2. The van der Waals surface area contributed by atoms with Crippen LogP contribution in [0.1, 0.15) is 16.0 Å². The Kier molecular flexibility index (Phi) is 3.91. The van der Waals surface area contributed by atoms with Crippen molar-refractivity contribution in [3.63, 3.8) is 0 Å². The summed E-state index contributed by atoms with van der Waals surface area (Å²) in [4.78, 5) is 13.8. The number of aromatic amines is 1. The fourth-order valence-electron chi connectivity index (χ4n) is 2.15. The number of hydrogen-bond acceptors (Lipinski definition) is 3. The zero-order chi connectivity index (χ0) is 15.0. The summed E-state index contributed by atoms with van der Waals surface area (Å²) in [5.41, 5.74) is 3.32. The van der Waals surface area contributed by atoms with Gasteiger partial charge < -0.3 is 9.15 Å². The lowest BCUT2D eigenvalue weighted by atomic mass is 10.0. The van der Waals surface area contributed by atoms with Gasteiger partial charge in [-0.15, -0.1) is 0 Å². The number of benzene rings is 2. The molecule has 0 amide bonds. The molecule has 1 N–H and O–H groups in total. The van der Waals surface area contributed by atoms with Crippen LogP contribution in [-0.2, 0) is 0 Å². The third-order valence-corrected chi connectivity index (χ3v) is 4.88. The third-order valence-electron chi connectivity index (χ3n) is 3.21. The van der Waals surface area contributed by atoms with Crippen molar-refractivity contribution in [1.82, 2.24) is 4.98 Å². The summed E-state index contributed by atoms with van der Waals surface area (Å²) in [6, 6.07) is 11.5. The minimum absolute atomic E-state index is 0.00990. The van der Waals surface area contributed by atoms with Gasteiger partial charge in [0.1, 0.15) is 5.75 Å². The molecular formula is C15H11Br2NO3. The first-order chi connectivity index (χ1) is 10.1. The Morgan fingerprint density at radius 2 is 1.90 bits per heavy atom. The molecule has 0 fully saturated rings. The van der Waals surface area contributed by atoms with Crippen molar-refractivity contribution in [3.8, 4) is 5.75 Å². The fourth-order valence-corrected chi connectivity index (χ4v) is 3.28. The van der Waals surface area contributed by atoms with Gasteiger partial charge in [0, 0.05) is 0 Å². The molecule has 21 heavy (non-hydrogen) atoms. The molecule has 3 aromatic rings. The number of halogens is 2. The summed E-state index contributed by atoms with van der Waals surface area (Å²) in [7, 11) is 1.63. The summed E-state index contributed by atoms with van der Waals surface area (Å²) in [5.74, 6) is 0.339. The molecule has 1 heterocycles. The molecule has 6 heteroatoms. The lowest BCUT2D eigenvalue weighted by Gasteiger charge is -2.12. The van der Waals surface area contributed by atoms with E-state index in [0.29, 0.717) is 11.1 Å². The van der Waals surface area contributed by atoms with Crippen molar-refractivity contribution in [2.24, 2.45) is 0 Å². The monoisotopic (exact) mass is 411 g/mol. The average molecular weight is 413 g/mol. The van der Waals surface area contributed by atoms with Crippen molar-refractivity contribution in [1.29, 1.82) is 0 Å². The summed E-state index contributed by atoms with van der Waals surface area (Å²) in [5, 5.41) is 0. The predicted molar refractivity (Wildman–Crippen MR) is 88.3 cm³/mol. The number of nitrogens with one attached hydrogen (secondary N) is 1. The summed E-state index contributed by atoms with van der Waals surface area (Å²) >= 11 is 7.16. The highest BCUT2D eigenvalue weighted by Crippen LogP contribution is 2.36. The van der Waals surface area contributed by atoms with Gasteiger partial charge in [0.05, 0.1) is 21.9 Å². The lowest BCUT2D eigenvalue weighted by molar-refractivity contribution is 0.412. The highest BCUT2D eigenvalue weighted by Gasteiger charge is 2.14. The molecule has 0 spiro atoms. The van der Waals surface area contributed by atoms with E-state index in [2.05, 4.69) is 36.8 Å². The molecule has 1 unspecified atom stereocenters. The van der Waals surface area contributed by atoms with Crippen LogP contribution in [0, 0.1) is 0 Å². The Bertz CT molecular complexity index is 853. The van der Waals surface area contributed by atoms with Crippen molar-refractivity contribution in [2.75, 3.05) is 7.11 Å². The van der Waals surface area contributed by atoms with Crippen LogP contribution in [0.25, 0.3) is 11.1 Å². The van der Waals surface area contributed by atoms with Crippen LogP contribution >= 0.6 is 31.9 Å². The van der Waals surface area contributed by atoms with E-state index in [0.717, 1.165) is 21.3 Å². The molecule has 0 radical (unpaired) electrons. The number of alkyl halides is 1. The molecule has 0 aliphatic rings. The highest BCUT2D eigenvalue weighted by atomic mass is 79.9. The average Bonchev–Trinajstić information content (AvgIpc) is 2.85. The van der Waals surface area contributed by atoms with Gasteiger partial charge in [-0.05, 0) is 51.3 Å². The second-order valence-corrected chi connectivity index (χ2v) is 6.30. The highest BCUT2D eigenvalue weighted by molar-refractivity contribution is 9.10. The van der Waals surface area contributed by atoms with E-state index in [9.17, 15) is 4.79 Å². The lowest BCUT2D eigenvalue weighted by Crippen LogP contribution is -1.94. The van der Waals surface area contributed by atoms with Gasteiger partial charge in [0.25, 0.3) is 0 Å². The quantitative estimate of drug-likeness (QED) is 0.649. The third kappa shape index (κ3) is 2.78. The molecule has 2 aromatic carbocycles. The van der Waals surface area contributed by atoms with Crippen LogP contribution < -0.4 is 10.5 Å². The van der Waals surface area contributed by atoms with Crippen molar-refractivity contribution in [2.45, 2.75) is 4.83 Å². The molecule has 0 bridgehead atoms. The molecule has 0 aliphatic carbocycles. The first-order valence-corrected chi connectivity index (χ1v) is 7.89. The Labute approximate surface area is 137 Å². The van der Waals surface area contributed by atoms with Crippen LogP contribution in [0.5, 0.6) is 5.75 Å². The maximum atomic E-state index is 11.2. The van der Waals surface area contributed by atoms with E-state index in [-0.39, 0.29) is 4.83 Å². The molecule has 0 saturated carbocycles. The number of fused-ring (bicyclic) bond motifs is 1. The van der Waals surface area contributed by atoms with Crippen LogP contribution in [0.3, 0.4) is 0 Å². The molecule has 1 atom stereocenters. The van der Waals surface area contributed by atoms with Crippen molar-refractivity contribution >= 4 is 43.0 Å². The topological polar surface area (TPSA) is 55.2 Å². The van der Waals surface area contributed by atoms with Crippen LogP contribution in [0.2, 0.25) is 0 Å².